The van der Waals surface area contributed by atoms with Gasteiger partial charge in [0, 0.05) is 17.0 Å². The normalized spacial score (nSPS) is 25.8. The van der Waals surface area contributed by atoms with Crippen LogP contribution in [0.1, 0.15) is 61.2 Å². The second kappa shape index (κ2) is 6.33. The molecular formula is C15H27N3S. The zero-order chi connectivity index (χ0) is 14.0. The maximum atomic E-state index is 6.02. The van der Waals surface area contributed by atoms with Gasteiger partial charge in [0.05, 0.1) is 16.7 Å². The van der Waals surface area contributed by atoms with Crippen LogP contribution in [0.25, 0.3) is 0 Å². The molecule has 1 unspecified atom stereocenters. The van der Waals surface area contributed by atoms with Gasteiger partial charge < -0.3 is 5.73 Å². The first kappa shape index (κ1) is 14.9. The minimum absolute atomic E-state index is 0.425. The molecule has 19 heavy (non-hydrogen) atoms. The maximum absolute atomic E-state index is 6.02. The van der Waals surface area contributed by atoms with Crippen LogP contribution in [0.3, 0.4) is 0 Å². The Labute approximate surface area is 121 Å². The molecule has 0 radical (unpaired) electrons. The highest BCUT2D eigenvalue weighted by Gasteiger charge is 2.28. The van der Waals surface area contributed by atoms with Gasteiger partial charge in [-0.1, -0.05) is 6.92 Å². The predicted molar refractivity (Wildman–Crippen MR) is 82.6 cm³/mol. The Bertz CT molecular complexity index is 408. The van der Waals surface area contributed by atoms with Crippen molar-refractivity contribution in [3.05, 3.63) is 15.6 Å². The van der Waals surface area contributed by atoms with Gasteiger partial charge in [-0.3, -0.25) is 4.90 Å². The average Bonchev–Trinajstić information content (AvgIpc) is 2.71. The van der Waals surface area contributed by atoms with Gasteiger partial charge in [-0.25, -0.2) is 4.98 Å². The third kappa shape index (κ3) is 3.36. The van der Waals surface area contributed by atoms with E-state index >= 15 is 0 Å². The van der Waals surface area contributed by atoms with Gasteiger partial charge in [-0.2, -0.15) is 0 Å². The Balaban J connectivity index is 2.10. The Morgan fingerprint density at radius 1 is 1.32 bits per heavy atom. The molecule has 2 N–H and O–H groups in total. The van der Waals surface area contributed by atoms with Crippen LogP contribution in [0.5, 0.6) is 0 Å². The molecule has 4 heteroatoms. The second-order valence-corrected chi connectivity index (χ2v) is 7.16. The van der Waals surface area contributed by atoms with E-state index < -0.39 is 0 Å². The highest BCUT2D eigenvalue weighted by atomic mass is 32.1. The first-order chi connectivity index (χ1) is 9.02. The van der Waals surface area contributed by atoms with Crippen molar-refractivity contribution in [3.63, 3.8) is 0 Å². The molecule has 1 aliphatic rings. The Morgan fingerprint density at radius 3 is 2.42 bits per heavy atom. The van der Waals surface area contributed by atoms with Crippen molar-refractivity contribution >= 4 is 11.3 Å². The van der Waals surface area contributed by atoms with E-state index in [0.29, 0.717) is 18.1 Å². The number of nitrogens with zero attached hydrogens (tertiary/aromatic N) is 2. The van der Waals surface area contributed by atoms with Crippen molar-refractivity contribution in [3.8, 4) is 0 Å². The summed E-state index contributed by atoms with van der Waals surface area (Å²) in [5.41, 5.74) is 7.30. The van der Waals surface area contributed by atoms with E-state index in [1.807, 2.05) is 11.3 Å². The van der Waals surface area contributed by atoms with Crippen LogP contribution in [0, 0.1) is 13.8 Å². The van der Waals surface area contributed by atoms with Crippen LogP contribution in [-0.2, 0) is 0 Å². The molecule has 108 valence electrons. The largest absolute Gasteiger partial charge is 0.328 e. The molecule has 0 aliphatic heterocycles. The SMILES string of the molecule is CCN(C1CCC(N)CC1)C(C)c1nc(C)sc1C. The molecule has 1 saturated carbocycles. The zero-order valence-corrected chi connectivity index (χ0v) is 13.5. The lowest BCUT2D eigenvalue weighted by atomic mass is 9.89. The molecule has 0 spiro atoms. The molecule has 0 bridgehead atoms. The van der Waals surface area contributed by atoms with Gasteiger partial charge in [0.2, 0.25) is 0 Å². The topological polar surface area (TPSA) is 42.1 Å². The molecule has 0 amide bonds. The fraction of sp³-hybridized carbons (Fsp3) is 0.800. The lowest BCUT2D eigenvalue weighted by molar-refractivity contribution is 0.112. The quantitative estimate of drug-likeness (QED) is 0.919. The number of aryl methyl sites for hydroxylation is 2. The number of thiazole rings is 1. The van der Waals surface area contributed by atoms with Crippen LogP contribution >= 0.6 is 11.3 Å². The summed E-state index contributed by atoms with van der Waals surface area (Å²) < 4.78 is 0. The van der Waals surface area contributed by atoms with E-state index in [9.17, 15) is 0 Å². The fourth-order valence-corrected chi connectivity index (χ4v) is 4.28. The van der Waals surface area contributed by atoms with Gasteiger partial charge in [0.1, 0.15) is 0 Å². The van der Waals surface area contributed by atoms with Gasteiger partial charge >= 0.3 is 0 Å². The third-order valence-corrected chi connectivity index (χ3v) is 5.31. The van der Waals surface area contributed by atoms with Crippen LogP contribution in [0.15, 0.2) is 0 Å². The van der Waals surface area contributed by atoms with Crippen LogP contribution in [0.4, 0.5) is 0 Å². The van der Waals surface area contributed by atoms with E-state index in [1.54, 1.807) is 0 Å². The van der Waals surface area contributed by atoms with E-state index in [1.165, 1.54) is 41.3 Å². The minimum Gasteiger partial charge on any atom is -0.328 e. The standard InChI is InChI=1S/C15H27N3S/c1-5-18(14-8-6-13(16)7-9-14)10(2)15-11(3)19-12(4)17-15/h10,13-14H,5-9,16H2,1-4H3. The van der Waals surface area contributed by atoms with Gasteiger partial charge in [0.15, 0.2) is 0 Å². The molecule has 1 aliphatic carbocycles. The van der Waals surface area contributed by atoms with Crippen molar-refractivity contribution in [1.82, 2.24) is 9.88 Å². The lowest BCUT2D eigenvalue weighted by Crippen LogP contribution is -2.42. The molecule has 1 aromatic rings. The van der Waals surface area contributed by atoms with Crippen molar-refractivity contribution in [2.45, 2.75) is 71.5 Å². The van der Waals surface area contributed by atoms with Gasteiger partial charge in [-0.15, -0.1) is 11.3 Å². The average molecular weight is 281 g/mol. The van der Waals surface area contributed by atoms with E-state index in [2.05, 4.69) is 32.6 Å². The van der Waals surface area contributed by atoms with Crippen molar-refractivity contribution in [2.75, 3.05) is 6.54 Å². The summed E-state index contributed by atoms with van der Waals surface area (Å²) in [6, 6.07) is 1.53. The highest BCUT2D eigenvalue weighted by molar-refractivity contribution is 7.11. The van der Waals surface area contributed by atoms with Gasteiger partial charge in [0.25, 0.3) is 0 Å². The number of hydrogen-bond donors (Lipinski definition) is 1. The third-order valence-electron chi connectivity index (χ3n) is 4.41. The Kier molecular flexibility index (Phi) is 4.98. The second-order valence-electron chi connectivity index (χ2n) is 5.75. The van der Waals surface area contributed by atoms with E-state index in [4.69, 9.17) is 10.7 Å². The highest BCUT2D eigenvalue weighted by Crippen LogP contribution is 2.32. The smallest absolute Gasteiger partial charge is 0.0900 e. The summed E-state index contributed by atoms with van der Waals surface area (Å²) >= 11 is 1.81. The predicted octanol–water partition coefficient (Wildman–Crippen LogP) is 3.41. The van der Waals surface area contributed by atoms with Gasteiger partial charge in [-0.05, 0) is 53.0 Å². The number of nitrogens with two attached hydrogens (primary N) is 1. The summed E-state index contributed by atoms with van der Waals surface area (Å²) in [7, 11) is 0. The molecule has 1 fully saturated rings. The fourth-order valence-electron chi connectivity index (χ4n) is 3.37. The molecular weight excluding hydrogens is 254 g/mol. The monoisotopic (exact) mass is 281 g/mol. The summed E-state index contributed by atoms with van der Waals surface area (Å²) in [4.78, 5) is 8.73. The summed E-state index contributed by atoms with van der Waals surface area (Å²) in [5, 5.41) is 1.18. The molecule has 1 atom stereocenters. The molecule has 3 nitrogen and oxygen atoms in total. The first-order valence-electron chi connectivity index (χ1n) is 7.48. The molecule has 0 aromatic carbocycles. The minimum atomic E-state index is 0.425. The number of hydrogen-bond acceptors (Lipinski definition) is 4. The molecule has 1 aromatic heterocycles. The van der Waals surface area contributed by atoms with Crippen molar-refractivity contribution in [2.24, 2.45) is 5.73 Å². The van der Waals surface area contributed by atoms with Crippen molar-refractivity contribution < 1.29 is 0 Å². The molecule has 0 saturated heterocycles. The van der Waals surface area contributed by atoms with Crippen LogP contribution in [-0.4, -0.2) is 28.5 Å². The van der Waals surface area contributed by atoms with E-state index in [0.717, 1.165) is 6.54 Å². The molecule has 1 heterocycles. The summed E-state index contributed by atoms with van der Waals surface area (Å²) in [5.74, 6) is 0. The maximum Gasteiger partial charge on any atom is 0.0900 e. The summed E-state index contributed by atoms with van der Waals surface area (Å²) in [6.45, 7) is 9.96. The summed E-state index contributed by atoms with van der Waals surface area (Å²) in [6.07, 6.45) is 4.81. The number of aromatic nitrogens is 1. The lowest BCUT2D eigenvalue weighted by Gasteiger charge is -2.38. The first-order valence-corrected chi connectivity index (χ1v) is 8.29. The van der Waals surface area contributed by atoms with Crippen LogP contribution < -0.4 is 5.73 Å². The zero-order valence-electron chi connectivity index (χ0n) is 12.6. The van der Waals surface area contributed by atoms with Crippen molar-refractivity contribution in [1.29, 1.82) is 0 Å². The molecule has 2 rings (SSSR count). The van der Waals surface area contributed by atoms with E-state index in [-0.39, 0.29) is 0 Å². The Morgan fingerprint density at radius 2 is 1.95 bits per heavy atom. The van der Waals surface area contributed by atoms with Crippen LogP contribution in [0.2, 0.25) is 0 Å². The Hall–Kier alpha value is -0.450. The number of rotatable bonds is 4.